The standard InChI is InChI=1S/C16H24N2O3S.ClH/c1-2-9-21-13-4-6-14(7-5-13)22(19,20)18-10-12-3-8-16(17)15(12)11-18;/h4-7,12,15-16H,2-3,8-11,17H2,1H3;1H. The molecule has 0 bridgehead atoms. The lowest BCUT2D eigenvalue weighted by atomic mass is 9.98. The molecule has 130 valence electrons. The third-order valence-corrected chi connectivity index (χ3v) is 6.66. The van der Waals surface area contributed by atoms with Gasteiger partial charge >= 0.3 is 0 Å². The van der Waals surface area contributed by atoms with Crippen LogP contribution in [0.3, 0.4) is 0 Å². The number of hydrogen-bond donors (Lipinski definition) is 1. The molecule has 3 rings (SSSR count). The van der Waals surface area contributed by atoms with E-state index in [1.165, 1.54) is 0 Å². The minimum atomic E-state index is -3.42. The van der Waals surface area contributed by atoms with Crippen molar-refractivity contribution in [2.45, 2.75) is 37.1 Å². The first-order chi connectivity index (χ1) is 10.5. The predicted molar refractivity (Wildman–Crippen MR) is 92.4 cm³/mol. The van der Waals surface area contributed by atoms with Crippen molar-refractivity contribution in [2.75, 3.05) is 19.7 Å². The second-order valence-corrected chi connectivity index (χ2v) is 8.24. The molecule has 1 aromatic rings. The monoisotopic (exact) mass is 360 g/mol. The van der Waals surface area contributed by atoms with E-state index in [1.54, 1.807) is 28.6 Å². The highest BCUT2D eigenvalue weighted by molar-refractivity contribution is 7.89. The van der Waals surface area contributed by atoms with Gasteiger partial charge in [-0.05, 0) is 55.4 Å². The summed E-state index contributed by atoms with van der Waals surface area (Å²) in [5.41, 5.74) is 6.09. The van der Waals surface area contributed by atoms with Crippen LogP contribution in [0.4, 0.5) is 0 Å². The third kappa shape index (κ3) is 3.65. The molecule has 1 aromatic carbocycles. The second kappa shape index (κ2) is 7.38. The van der Waals surface area contributed by atoms with Crippen molar-refractivity contribution >= 4 is 22.4 Å². The molecule has 0 amide bonds. The van der Waals surface area contributed by atoms with Gasteiger partial charge in [-0.25, -0.2) is 8.42 Å². The van der Waals surface area contributed by atoms with Gasteiger partial charge in [-0.3, -0.25) is 0 Å². The smallest absolute Gasteiger partial charge is 0.243 e. The highest BCUT2D eigenvalue weighted by atomic mass is 35.5. The first-order valence-corrected chi connectivity index (χ1v) is 9.45. The molecule has 1 aliphatic heterocycles. The summed E-state index contributed by atoms with van der Waals surface area (Å²) in [4.78, 5) is 0.338. The fraction of sp³-hybridized carbons (Fsp3) is 0.625. The lowest BCUT2D eigenvalue weighted by Crippen LogP contribution is -2.33. The summed E-state index contributed by atoms with van der Waals surface area (Å²) in [6.07, 6.45) is 2.99. The molecule has 0 radical (unpaired) electrons. The Kier molecular flexibility index (Phi) is 5.94. The van der Waals surface area contributed by atoms with Gasteiger partial charge < -0.3 is 10.5 Å². The molecule has 3 atom stereocenters. The maximum absolute atomic E-state index is 12.7. The van der Waals surface area contributed by atoms with Crippen LogP contribution in [-0.2, 0) is 10.0 Å². The SMILES string of the molecule is CCCOc1ccc(S(=O)(=O)N2CC3CCC(N)C3C2)cc1.Cl. The quantitative estimate of drug-likeness (QED) is 0.874. The Morgan fingerprint density at radius 2 is 1.91 bits per heavy atom. The predicted octanol–water partition coefficient (Wildman–Crippen LogP) is 2.26. The van der Waals surface area contributed by atoms with Gasteiger partial charge in [0.2, 0.25) is 10.0 Å². The highest BCUT2D eigenvalue weighted by Gasteiger charge is 2.44. The van der Waals surface area contributed by atoms with Crippen LogP contribution in [0.5, 0.6) is 5.75 Å². The number of rotatable bonds is 5. The van der Waals surface area contributed by atoms with Gasteiger partial charge in [0, 0.05) is 19.1 Å². The number of sulfonamides is 1. The zero-order chi connectivity index (χ0) is 15.7. The third-order valence-electron chi connectivity index (χ3n) is 4.81. The van der Waals surface area contributed by atoms with Crippen molar-refractivity contribution in [3.8, 4) is 5.75 Å². The number of benzene rings is 1. The van der Waals surface area contributed by atoms with E-state index in [9.17, 15) is 8.42 Å². The summed E-state index contributed by atoms with van der Waals surface area (Å²) in [7, 11) is -3.42. The van der Waals surface area contributed by atoms with Crippen molar-refractivity contribution in [1.82, 2.24) is 4.31 Å². The topological polar surface area (TPSA) is 72.6 Å². The molecule has 0 spiro atoms. The number of fused-ring (bicyclic) bond motifs is 1. The fourth-order valence-electron chi connectivity index (χ4n) is 3.54. The van der Waals surface area contributed by atoms with E-state index in [0.717, 1.165) is 19.3 Å². The van der Waals surface area contributed by atoms with Crippen LogP contribution in [0.25, 0.3) is 0 Å². The van der Waals surface area contributed by atoms with E-state index in [2.05, 4.69) is 0 Å². The molecule has 1 saturated heterocycles. The van der Waals surface area contributed by atoms with Crippen molar-refractivity contribution in [2.24, 2.45) is 17.6 Å². The Labute approximate surface area is 144 Å². The molecule has 1 aliphatic carbocycles. The van der Waals surface area contributed by atoms with Gasteiger partial charge in [0.15, 0.2) is 0 Å². The summed E-state index contributed by atoms with van der Waals surface area (Å²) in [6.45, 7) is 3.84. The summed E-state index contributed by atoms with van der Waals surface area (Å²) in [6, 6.07) is 6.87. The molecule has 1 saturated carbocycles. The molecular weight excluding hydrogens is 336 g/mol. The van der Waals surface area contributed by atoms with E-state index < -0.39 is 10.0 Å². The molecular formula is C16H25ClN2O3S. The van der Waals surface area contributed by atoms with E-state index in [4.69, 9.17) is 10.5 Å². The minimum Gasteiger partial charge on any atom is -0.494 e. The maximum atomic E-state index is 12.7. The van der Waals surface area contributed by atoms with Crippen molar-refractivity contribution in [3.63, 3.8) is 0 Å². The Bertz CT molecular complexity index is 621. The number of ether oxygens (including phenoxy) is 1. The number of nitrogens with zero attached hydrogens (tertiary/aromatic N) is 1. The lowest BCUT2D eigenvalue weighted by molar-refractivity contribution is 0.317. The molecule has 2 aliphatic rings. The number of hydrogen-bond acceptors (Lipinski definition) is 4. The second-order valence-electron chi connectivity index (χ2n) is 6.31. The summed E-state index contributed by atoms with van der Waals surface area (Å²) in [5, 5.41) is 0. The number of nitrogens with two attached hydrogens (primary N) is 1. The average Bonchev–Trinajstić information content (AvgIpc) is 3.09. The fourth-order valence-corrected chi connectivity index (χ4v) is 5.07. The van der Waals surface area contributed by atoms with Crippen LogP contribution < -0.4 is 10.5 Å². The van der Waals surface area contributed by atoms with Crippen molar-refractivity contribution < 1.29 is 13.2 Å². The zero-order valence-corrected chi connectivity index (χ0v) is 15.0. The Hall–Kier alpha value is -0.820. The summed E-state index contributed by atoms with van der Waals surface area (Å²) < 4.78 is 32.6. The van der Waals surface area contributed by atoms with E-state index in [1.807, 2.05) is 6.92 Å². The normalized spacial score (nSPS) is 27.5. The van der Waals surface area contributed by atoms with Gasteiger partial charge in [-0.1, -0.05) is 6.92 Å². The summed E-state index contributed by atoms with van der Waals surface area (Å²) >= 11 is 0. The largest absolute Gasteiger partial charge is 0.494 e. The highest BCUT2D eigenvalue weighted by Crippen LogP contribution is 2.39. The molecule has 1 heterocycles. The van der Waals surface area contributed by atoms with Gasteiger partial charge in [-0.2, -0.15) is 4.31 Å². The molecule has 23 heavy (non-hydrogen) atoms. The van der Waals surface area contributed by atoms with E-state index in [-0.39, 0.29) is 18.4 Å². The minimum absolute atomic E-state index is 0. The van der Waals surface area contributed by atoms with Gasteiger partial charge in [0.25, 0.3) is 0 Å². The molecule has 2 fully saturated rings. The molecule has 0 aromatic heterocycles. The van der Waals surface area contributed by atoms with Crippen LogP contribution in [0.2, 0.25) is 0 Å². The van der Waals surface area contributed by atoms with Gasteiger partial charge in [0.1, 0.15) is 5.75 Å². The van der Waals surface area contributed by atoms with Crippen LogP contribution in [0.15, 0.2) is 29.2 Å². The Balaban J connectivity index is 0.00000192. The summed E-state index contributed by atoms with van der Waals surface area (Å²) in [5.74, 6) is 1.46. The Morgan fingerprint density at radius 3 is 2.52 bits per heavy atom. The Morgan fingerprint density at radius 1 is 1.22 bits per heavy atom. The van der Waals surface area contributed by atoms with Crippen LogP contribution >= 0.6 is 12.4 Å². The van der Waals surface area contributed by atoms with Gasteiger partial charge in [-0.15, -0.1) is 12.4 Å². The zero-order valence-electron chi connectivity index (χ0n) is 13.3. The van der Waals surface area contributed by atoms with Crippen LogP contribution in [0.1, 0.15) is 26.2 Å². The molecule has 3 unspecified atom stereocenters. The van der Waals surface area contributed by atoms with Crippen LogP contribution in [-0.4, -0.2) is 38.5 Å². The van der Waals surface area contributed by atoms with Crippen LogP contribution in [0, 0.1) is 11.8 Å². The first kappa shape index (κ1) is 18.5. The molecule has 7 heteroatoms. The molecule has 2 N–H and O–H groups in total. The average molecular weight is 361 g/mol. The number of halogens is 1. The van der Waals surface area contributed by atoms with Crippen molar-refractivity contribution in [1.29, 1.82) is 0 Å². The van der Waals surface area contributed by atoms with E-state index in [0.29, 0.717) is 42.2 Å². The van der Waals surface area contributed by atoms with Crippen molar-refractivity contribution in [3.05, 3.63) is 24.3 Å². The lowest BCUT2D eigenvalue weighted by Gasteiger charge is -2.18. The first-order valence-electron chi connectivity index (χ1n) is 8.01. The molecule has 5 nitrogen and oxygen atoms in total. The maximum Gasteiger partial charge on any atom is 0.243 e. The van der Waals surface area contributed by atoms with E-state index >= 15 is 0 Å². The van der Waals surface area contributed by atoms with Gasteiger partial charge in [0.05, 0.1) is 11.5 Å².